The SMILES string of the molecule is CC(C)(C)NCc1ccc(CC(NC(=O)OC(C)(C)C)C(=O)O)cc1. The van der Waals surface area contributed by atoms with Gasteiger partial charge in [-0.2, -0.15) is 0 Å². The maximum atomic E-state index is 11.8. The Morgan fingerprint density at radius 2 is 1.56 bits per heavy atom. The average molecular weight is 350 g/mol. The molecule has 1 unspecified atom stereocenters. The van der Waals surface area contributed by atoms with E-state index in [9.17, 15) is 14.7 Å². The van der Waals surface area contributed by atoms with Crippen molar-refractivity contribution >= 4 is 12.1 Å². The molecule has 0 bridgehead atoms. The van der Waals surface area contributed by atoms with Crippen molar-refractivity contribution in [3.05, 3.63) is 35.4 Å². The minimum Gasteiger partial charge on any atom is -0.480 e. The number of ether oxygens (including phenoxy) is 1. The van der Waals surface area contributed by atoms with Crippen molar-refractivity contribution in [1.82, 2.24) is 10.6 Å². The standard InChI is InChI=1S/C19H30N2O4/c1-18(2,3)20-12-14-9-7-13(8-10-14)11-15(16(22)23)21-17(24)25-19(4,5)6/h7-10,15,20H,11-12H2,1-6H3,(H,21,24)(H,22,23). The third-order valence-electron chi connectivity index (χ3n) is 3.27. The molecule has 1 aromatic rings. The highest BCUT2D eigenvalue weighted by Gasteiger charge is 2.24. The van der Waals surface area contributed by atoms with Crippen LogP contribution in [0, 0.1) is 0 Å². The van der Waals surface area contributed by atoms with E-state index in [1.165, 1.54) is 0 Å². The third kappa shape index (κ3) is 9.10. The zero-order valence-electron chi connectivity index (χ0n) is 16.0. The van der Waals surface area contributed by atoms with E-state index in [4.69, 9.17) is 4.74 Å². The number of carboxylic acids is 1. The summed E-state index contributed by atoms with van der Waals surface area (Å²) >= 11 is 0. The van der Waals surface area contributed by atoms with Gasteiger partial charge in [0.15, 0.2) is 0 Å². The lowest BCUT2D eigenvalue weighted by Gasteiger charge is -2.22. The van der Waals surface area contributed by atoms with Gasteiger partial charge in [0, 0.05) is 18.5 Å². The van der Waals surface area contributed by atoms with Crippen LogP contribution in [0.15, 0.2) is 24.3 Å². The van der Waals surface area contributed by atoms with Crippen LogP contribution >= 0.6 is 0 Å². The van der Waals surface area contributed by atoms with Crippen molar-refractivity contribution < 1.29 is 19.4 Å². The lowest BCUT2D eigenvalue weighted by Crippen LogP contribution is -2.44. The molecule has 6 nitrogen and oxygen atoms in total. The number of aliphatic carboxylic acids is 1. The molecule has 0 radical (unpaired) electrons. The van der Waals surface area contributed by atoms with E-state index in [2.05, 4.69) is 31.4 Å². The number of hydrogen-bond acceptors (Lipinski definition) is 4. The number of benzene rings is 1. The number of carbonyl (C=O) groups excluding carboxylic acids is 1. The van der Waals surface area contributed by atoms with Gasteiger partial charge < -0.3 is 20.5 Å². The predicted octanol–water partition coefficient (Wildman–Crippen LogP) is 3.10. The number of nitrogens with one attached hydrogen (secondary N) is 2. The minimum absolute atomic E-state index is 0.0322. The highest BCUT2D eigenvalue weighted by molar-refractivity contribution is 5.80. The normalized spacial score (nSPS) is 13.2. The van der Waals surface area contributed by atoms with Crippen LogP contribution in [0.1, 0.15) is 52.7 Å². The summed E-state index contributed by atoms with van der Waals surface area (Å²) in [4.78, 5) is 23.2. The summed E-state index contributed by atoms with van der Waals surface area (Å²) in [5.74, 6) is -1.09. The summed E-state index contributed by atoms with van der Waals surface area (Å²) in [6.45, 7) is 12.2. The highest BCUT2D eigenvalue weighted by atomic mass is 16.6. The van der Waals surface area contributed by atoms with Gasteiger partial charge in [0.1, 0.15) is 11.6 Å². The van der Waals surface area contributed by atoms with Gasteiger partial charge in [-0.15, -0.1) is 0 Å². The van der Waals surface area contributed by atoms with Gasteiger partial charge in [0.05, 0.1) is 0 Å². The molecular weight excluding hydrogens is 320 g/mol. The Morgan fingerprint density at radius 3 is 2.00 bits per heavy atom. The van der Waals surface area contributed by atoms with Gasteiger partial charge >= 0.3 is 12.1 Å². The molecule has 0 aliphatic heterocycles. The minimum atomic E-state index is -1.09. The second-order valence-corrected chi connectivity index (χ2v) is 8.16. The first-order valence-electron chi connectivity index (χ1n) is 8.41. The smallest absolute Gasteiger partial charge is 0.408 e. The zero-order chi connectivity index (χ0) is 19.3. The fraction of sp³-hybridized carbons (Fsp3) is 0.579. The first-order chi connectivity index (χ1) is 11.4. The summed E-state index contributed by atoms with van der Waals surface area (Å²) in [6.07, 6.45) is -0.535. The molecule has 0 fully saturated rings. The first-order valence-corrected chi connectivity index (χ1v) is 8.41. The van der Waals surface area contributed by atoms with Crippen LogP contribution in [0.5, 0.6) is 0 Å². The second-order valence-electron chi connectivity index (χ2n) is 8.16. The molecule has 0 spiro atoms. The van der Waals surface area contributed by atoms with Crippen molar-refractivity contribution in [2.75, 3.05) is 0 Å². The fourth-order valence-electron chi connectivity index (χ4n) is 2.05. The summed E-state index contributed by atoms with van der Waals surface area (Å²) in [5.41, 5.74) is 1.31. The molecule has 140 valence electrons. The molecule has 1 rings (SSSR count). The molecule has 0 saturated carbocycles. The Labute approximate surface area is 150 Å². The number of carbonyl (C=O) groups is 2. The fourth-order valence-corrected chi connectivity index (χ4v) is 2.05. The molecule has 0 aromatic heterocycles. The molecular formula is C19H30N2O4. The van der Waals surface area contributed by atoms with Crippen molar-refractivity contribution in [3.8, 4) is 0 Å². The van der Waals surface area contributed by atoms with E-state index in [0.29, 0.717) is 0 Å². The van der Waals surface area contributed by atoms with E-state index in [1.54, 1.807) is 20.8 Å². The van der Waals surface area contributed by atoms with Crippen molar-refractivity contribution in [3.63, 3.8) is 0 Å². The summed E-state index contributed by atoms with van der Waals surface area (Å²) in [5, 5.41) is 15.1. The Balaban J connectivity index is 2.66. The Kier molecular flexibility index (Phi) is 6.99. The lowest BCUT2D eigenvalue weighted by molar-refractivity contribution is -0.139. The van der Waals surface area contributed by atoms with Crippen LogP contribution < -0.4 is 10.6 Å². The Hall–Kier alpha value is -2.08. The lowest BCUT2D eigenvalue weighted by atomic mass is 10.0. The van der Waals surface area contributed by atoms with E-state index in [1.807, 2.05) is 24.3 Å². The van der Waals surface area contributed by atoms with Crippen molar-refractivity contribution in [2.45, 2.75) is 71.7 Å². The van der Waals surface area contributed by atoms with E-state index >= 15 is 0 Å². The monoisotopic (exact) mass is 350 g/mol. The Bertz CT molecular complexity index is 583. The number of alkyl carbamates (subject to hydrolysis) is 1. The summed E-state index contributed by atoms with van der Waals surface area (Å²) < 4.78 is 5.12. The van der Waals surface area contributed by atoms with Gasteiger partial charge in [-0.25, -0.2) is 9.59 Å². The van der Waals surface area contributed by atoms with E-state index in [-0.39, 0.29) is 12.0 Å². The average Bonchev–Trinajstić information content (AvgIpc) is 2.43. The second kappa shape index (κ2) is 8.34. The Morgan fingerprint density at radius 1 is 1.04 bits per heavy atom. The number of hydrogen-bond donors (Lipinski definition) is 3. The molecule has 0 saturated heterocycles. The number of carboxylic acid groups (broad SMARTS) is 1. The predicted molar refractivity (Wildman–Crippen MR) is 97.5 cm³/mol. The summed E-state index contributed by atoms with van der Waals surface area (Å²) in [7, 11) is 0. The van der Waals surface area contributed by atoms with Crippen molar-refractivity contribution in [1.29, 1.82) is 0 Å². The first kappa shape index (κ1) is 21.0. The van der Waals surface area contributed by atoms with Crippen LogP contribution in [0.4, 0.5) is 4.79 Å². The molecule has 1 atom stereocenters. The largest absolute Gasteiger partial charge is 0.480 e. The summed E-state index contributed by atoms with van der Waals surface area (Å²) in [6, 6.07) is 6.65. The maximum absolute atomic E-state index is 11.8. The quantitative estimate of drug-likeness (QED) is 0.734. The molecule has 0 heterocycles. The van der Waals surface area contributed by atoms with E-state index < -0.39 is 23.7 Å². The molecule has 0 aliphatic carbocycles. The molecule has 1 amide bonds. The van der Waals surface area contributed by atoms with Crippen LogP contribution in [0.2, 0.25) is 0 Å². The maximum Gasteiger partial charge on any atom is 0.408 e. The molecule has 3 N–H and O–H groups in total. The van der Waals surface area contributed by atoms with E-state index in [0.717, 1.165) is 17.7 Å². The van der Waals surface area contributed by atoms with Crippen molar-refractivity contribution in [2.24, 2.45) is 0 Å². The third-order valence-corrected chi connectivity index (χ3v) is 3.27. The van der Waals surface area contributed by atoms with Crippen LogP contribution in [-0.4, -0.2) is 34.4 Å². The number of rotatable bonds is 6. The highest BCUT2D eigenvalue weighted by Crippen LogP contribution is 2.11. The molecule has 6 heteroatoms. The number of amides is 1. The molecule has 1 aromatic carbocycles. The van der Waals surface area contributed by atoms with Gasteiger partial charge in [0.2, 0.25) is 0 Å². The molecule has 0 aliphatic rings. The molecule has 25 heavy (non-hydrogen) atoms. The van der Waals surface area contributed by atoms with Gasteiger partial charge in [-0.05, 0) is 52.7 Å². The van der Waals surface area contributed by atoms with Crippen LogP contribution in [0.3, 0.4) is 0 Å². The van der Waals surface area contributed by atoms with Gasteiger partial charge in [-0.1, -0.05) is 24.3 Å². The van der Waals surface area contributed by atoms with Gasteiger partial charge in [-0.3, -0.25) is 0 Å². The van der Waals surface area contributed by atoms with Crippen LogP contribution in [-0.2, 0) is 22.5 Å². The van der Waals surface area contributed by atoms with Crippen LogP contribution in [0.25, 0.3) is 0 Å². The topological polar surface area (TPSA) is 87.7 Å². The van der Waals surface area contributed by atoms with Gasteiger partial charge in [0.25, 0.3) is 0 Å². The zero-order valence-corrected chi connectivity index (χ0v) is 16.0.